The molecule has 0 radical (unpaired) electrons. The van der Waals surface area contributed by atoms with Gasteiger partial charge in [0.2, 0.25) is 0 Å². The number of benzene rings is 1. The number of nitrogens with one attached hydrogen (secondary N) is 2. The lowest BCUT2D eigenvalue weighted by molar-refractivity contribution is 0.414. The van der Waals surface area contributed by atoms with Crippen LogP contribution in [0.4, 0.5) is 0 Å². The zero-order valence-corrected chi connectivity index (χ0v) is 19.2. The van der Waals surface area contributed by atoms with Crippen molar-refractivity contribution in [3.8, 4) is 5.75 Å². The fourth-order valence-electron chi connectivity index (χ4n) is 2.70. The second-order valence-corrected chi connectivity index (χ2v) is 9.64. The Morgan fingerprint density at radius 1 is 1.27 bits per heavy atom. The van der Waals surface area contributed by atoms with Crippen molar-refractivity contribution in [2.45, 2.75) is 39.3 Å². The number of rotatable bonds is 10. The van der Waals surface area contributed by atoms with E-state index < -0.39 is 9.84 Å². The molecule has 1 aromatic carbocycles. The number of nitrogens with zero attached hydrogens (tertiary/aromatic N) is 4. The van der Waals surface area contributed by atoms with Crippen molar-refractivity contribution in [3.63, 3.8) is 0 Å². The van der Waals surface area contributed by atoms with Gasteiger partial charge in [-0.3, -0.25) is 0 Å². The normalized spacial score (nSPS) is 13.2. The number of ether oxygens (including phenoxy) is 1. The molecule has 1 heterocycles. The molecular formula is C20H32N6O3S. The second kappa shape index (κ2) is 11.0. The van der Waals surface area contributed by atoms with Crippen molar-refractivity contribution >= 4 is 15.8 Å². The summed E-state index contributed by atoms with van der Waals surface area (Å²) in [4.78, 5) is 4.61. The molecule has 0 bridgehead atoms. The van der Waals surface area contributed by atoms with E-state index in [1.54, 1.807) is 7.11 Å². The van der Waals surface area contributed by atoms with Crippen molar-refractivity contribution in [1.82, 2.24) is 25.4 Å². The van der Waals surface area contributed by atoms with Gasteiger partial charge in [0, 0.05) is 25.9 Å². The second-order valence-electron chi connectivity index (χ2n) is 7.38. The van der Waals surface area contributed by atoms with Gasteiger partial charge in [-0.2, -0.15) is 0 Å². The lowest BCUT2D eigenvalue weighted by Crippen LogP contribution is -2.43. The predicted octanol–water partition coefficient (Wildman–Crippen LogP) is 1.23. The molecule has 166 valence electrons. The summed E-state index contributed by atoms with van der Waals surface area (Å²) in [5.74, 6) is 3.15. The number of aliphatic imine (C=N–C) groups is 1. The largest absolute Gasteiger partial charge is 0.497 e. The number of guanidine groups is 1. The zero-order valence-electron chi connectivity index (χ0n) is 18.3. The van der Waals surface area contributed by atoms with E-state index in [1.807, 2.05) is 49.7 Å². The summed E-state index contributed by atoms with van der Waals surface area (Å²) >= 11 is 0. The Balaban J connectivity index is 1.99. The molecule has 2 N–H and O–H groups in total. The van der Waals surface area contributed by atoms with Crippen LogP contribution in [0.1, 0.15) is 30.6 Å². The van der Waals surface area contributed by atoms with Crippen LogP contribution in [0.3, 0.4) is 0 Å². The molecule has 2 rings (SSSR count). The van der Waals surface area contributed by atoms with Crippen molar-refractivity contribution in [2.24, 2.45) is 12.0 Å². The van der Waals surface area contributed by atoms with Gasteiger partial charge in [-0.15, -0.1) is 10.2 Å². The summed E-state index contributed by atoms with van der Waals surface area (Å²) in [5, 5.41) is 14.8. The van der Waals surface area contributed by atoms with Gasteiger partial charge < -0.3 is 19.9 Å². The molecule has 0 amide bonds. The maximum absolute atomic E-state index is 11.4. The van der Waals surface area contributed by atoms with E-state index in [2.05, 4.69) is 25.8 Å². The first-order valence-corrected chi connectivity index (χ1v) is 11.9. The first-order chi connectivity index (χ1) is 14.2. The van der Waals surface area contributed by atoms with E-state index in [4.69, 9.17) is 4.74 Å². The summed E-state index contributed by atoms with van der Waals surface area (Å²) in [5.41, 5.74) is 1.18. The highest BCUT2D eigenvalue weighted by atomic mass is 32.2. The van der Waals surface area contributed by atoms with E-state index in [1.165, 1.54) is 11.8 Å². The van der Waals surface area contributed by atoms with Crippen molar-refractivity contribution in [2.75, 3.05) is 25.7 Å². The van der Waals surface area contributed by atoms with E-state index in [-0.39, 0.29) is 11.8 Å². The topological polar surface area (TPSA) is 110 Å². The molecule has 0 saturated carbocycles. The summed E-state index contributed by atoms with van der Waals surface area (Å²) in [6.45, 7) is 4.88. The number of aryl methyl sites for hydroxylation is 1. The maximum Gasteiger partial charge on any atom is 0.191 e. The molecule has 10 heteroatoms. The zero-order chi connectivity index (χ0) is 22.1. The monoisotopic (exact) mass is 436 g/mol. The SMILES string of the molecule is COc1ccc(CCNC(=NCc2nnc(C)n2C)NC(C)CCS(C)(=O)=O)cc1. The summed E-state index contributed by atoms with van der Waals surface area (Å²) in [7, 11) is 0.545. The van der Waals surface area contributed by atoms with Crippen LogP contribution in [0.5, 0.6) is 5.75 Å². The van der Waals surface area contributed by atoms with Crippen LogP contribution in [0.2, 0.25) is 0 Å². The van der Waals surface area contributed by atoms with Crippen LogP contribution in [-0.2, 0) is 29.9 Å². The smallest absolute Gasteiger partial charge is 0.191 e. The highest BCUT2D eigenvalue weighted by Crippen LogP contribution is 2.11. The van der Waals surface area contributed by atoms with Crippen molar-refractivity contribution in [1.29, 1.82) is 0 Å². The van der Waals surface area contributed by atoms with Crippen molar-refractivity contribution < 1.29 is 13.2 Å². The molecule has 1 atom stereocenters. The molecule has 1 aromatic heterocycles. The van der Waals surface area contributed by atoms with Crippen LogP contribution in [-0.4, -0.2) is 60.8 Å². The van der Waals surface area contributed by atoms with E-state index >= 15 is 0 Å². The summed E-state index contributed by atoms with van der Waals surface area (Å²) in [6.07, 6.45) is 2.56. The molecule has 0 aliphatic heterocycles. The Bertz CT molecular complexity index is 938. The molecule has 1 unspecified atom stereocenters. The maximum atomic E-state index is 11.4. The Hall–Kier alpha value is -2.62. The van der Waals surface area contributed by atoms with Crippen LogP contribution < -0.4 is 15.4 Å². The van der Waals surface area contributed by atoms with Crippen LogP contribution in [0, 0.1) is 6.92 Å². The lowest BCUT2D eigenvalue weighted by Gasteiger charge is -2.18. The van der Waals surface area contributed by atoms with Gasteiger partial charge >= 0.3 is 0 Å². The van der Waals surface area contributed by atoms with Crippen LogP contribution >= 0.6 is 0 Å². The standard InChI is InChI=1S/C20H32N6O3S/c1-15(11-13-30(5,27)28)23-20(22-14-19-25-24-16(2)26(19)3)21-12-10-17-6-8-18(29-4)9-7-17/h6-9,15H,10-14H2,1-5H3,(H2,21,22,23). The lowest BCUT2D eigenvalue weighted by atomic mass is 10.1. The number of hydrogen-bond donors (Lipinski definition) is 2. The van der Waals surface area contributed by atoms with Crippen LogP contribution in [0.15, 0.2) is 29.3 Å². The Labute approximate surface area is 178 Å². The van der Waals surface area contributed by atoms with Gasteiger partial charge in [0.15, 0.2) is 11.8 Å². The van der Waals surface area contributed by atoms with E-state index in [9.17, 15) is 8.42 Å². The minimum Gasteiger partial charge on any atom is -0.497 e. The highest BCUT2D eigenvalue weighted by molar-refractivity contribution is 7.90. The van der Waals surface area contributed by atoms with Gasteiger partial charge in [0.25, 0.3) is 0 Å². The molecule has 0 aliphatic rings. The van der Waals surface area contributed by atoms with Crippen LogP contribution in [0.25, 0.3) is 0 Å². The predicted molar refractivity (Wildman–Crippen MR) is 119 cm³/mol. The van der Waals surface area contributed by atoms with Gasteiger partial charge in [-0.05, 0) is 44.4 Å². The number of sulfone groups is 1. The first-order valence-electron chi connectivity index (χ1n) is 9.88. The third kappa shape index (κ3) is 8.02. The average molecular weight is 437 g/mol. The highest BCUT2D eigenvalue weighted by Gasteiger charge is 2.11. The number of hydrogen-bond acceptors (Lipinski definition) is 6. The molecule has 2 aromatic rings. The van der Waals surface area contributed by atoms with Gasteiger partial charge in [-0.25, -0.2) is 13.4 Å². The molecular weight excluding hydrogens is 404 g/mol. The Morgan fingerprint density at radius 2 is 1.97 bits per heavy atom. The third-order valence-corrected chi connectivity index (χ3v) is 5.71. The Kier molecular flexibility index (Phi) is 8.64. The number of aromatic nitrogens is 3. The van der Waals surface area contributed by atoms with E-state index in [0.29, 0.717) is 25.5 Å². The third-order valence-electron chi connectivity index (χ3n) is 4.73. The quantitative estimate of drug-likeness (QED) is 0.426. The molecule has 0 spiro atoms. The fraction of sp³-hybridized carbons (Fsp3) is 0.550. The van der Waals surface area contributed by atoms with E-state index in [0.717, 1.165) is 23.8 Å². The molecule has 30 heavy (non-hydrogen) atoms. The van der Waals surface area contributed by atoms with Gasteiger partial charge in [-0.1, -0.05) is 12.1 Å². The molecule has 0 aliphatic carbocycles. The first kappa shape index (κ1) is 23.7. The summed E-state index contributed by atoms with van der Waals surface area (Å²) < 4.78 is 30.0. The van der Waals surface area contributed by atoms with Gasteiger partial charge in [0.05, 0.1) is 12.9 Å². The molecule has 9 nitrogen and oxygen atoms in total. The summed E-state index contributed by atoms with van der Waals surface area (Å²) in [6, 6.07) is 7.88. The van der Waals surface area contributed by atoms with Gasteiger partial charge in [0.1, 0.15) is 28.0 Å². The van der Waals surface area contributed by atoms with Crippen molar-refractivity contribution in [3.05, 3.63) is 41.5 Å². The fourth-order valence-corrected chi connectivity index (χ4v) is 3.49. The molecule has 0 saturated heterocycles. The minimum atomic E-state index is -3.00. The number of methoxy groups -OCH3 is 1. The minimum absolute atomic E-state index is 0.0480. The average Bonchev–Trinajstić information content (AvgIpc) is 3.02. The molecule has 0 fully saturated rings. The Morgan fingerprint density at radius 3 is 2.53 bits per heavy atom.